The topological polar surface area (TPSA) is 63.6 Å². The van der Waals surface area contributed by atoms with E-state index < -0.39 is 39.7 Å². The summed E-state index contributed by atoms with van der Waals surface area (Å²) in [6.45, 7) is -1.47. The van der Waals surface area contributed by atoms with Crippen LogP contribution >= 0.6 is 0 Å². The van der Waals surface area contributed by atoms with Crippen LogP contribution in [0.1, 0.15) is 38.5 Å². The zero-order valence-electron chi connectivity index (χ0n) is 12.7. The van der Waals surface area contributed by atoms with E-state index in [0.717, 1.165) is 19.3 Å². The second-order valence-corrected chi connectivity index (χ2v) is 9.04. The average molecular weight is 378 g/mol. The van der Waals surface area contributed by atoms with Crippen LogP contribution in [0.5, 0.6) is 0 Å². The fourth-order valence-corrected chi connectivity index (χ4v) is 5.59. The molecular formula is C14H19F5O4S. The van der Waals surface area contributed by atoms with Gasteiger partial charge < -0.3 is 4.74 Å². The summed E-state index contributed by atoms with van der Waals surface area (Å²) >= 11 is 0. The van der Waals surface area contributed by atoms with E-state index in [1.807, 2.05) is 0 Å². The minimum atomic E-state index is -6.20. The van der Waals surface area contributed by atoms with Crippen molar-refractivity contribution in [2.45, 2.75) is 55.6 Å². The summed E-state index contributed by atoms with van der Waals surface area (Å²) in [4.78, 5) is 0. The Morgan fingerprint density at radius 1 is 1.00 bits per heavy atom. The van der Waals surface area contributed by atoms with Gasteiger partial charge in [-0.05, 0) is 56.3 Å². The first-order valence-corrected chi connectivity index (χ1v) is 9.32. The van der Waals surface area contributed by atoms with Crippen LogP contribution in [0.3, 0.4) is 0 Å². The zero-order valence-corrected chi connectivity index (χ0v) is 13.5. The van der Waals surface area contributed by atoms with E-state index >= 15 is 0 Å². The fraction of sp³-hybridized carbons (Fsp3) is 1.00. The number of rotatable bonds is 5. The normalized spacial score (nSPS) is 37.7. The largest absolute Gasteiger partial charge is 0.401 e. The minimum Gasteiger partial charge on any atom is -0.374 e. The summed E-state index contributed by atoms with van der Waals surface area (Å²) in [7, 11) is -6.20. The highest BCUT2D eigenvalue weighted by Gasteiger charge is 2.64. The maximum atomic E-state index is 13.6. The molecule has 1 unspecified atom stereocenters. The van der Waals surface area contributed by atoms with Gasteiger partial charge in [-0.3, -0.25) is 4.55 Å². The molecule has 140 valence electrons. The van der Waals surface area contributed by atoms with E-state index in [2.05, 4.69) is 0 Å². The molecule has 4 saturated carbocycles. The molecule has 4 aliphatic carbocycles. The van der Waals surface area contributed by atoms with Gasteiger partial charge >= 0.3 is 21.5 Å². The first-order valence-electron chi connectivity index (χ1n) is 7.88. The molecule has 24 heavy (non-hydrogen) atoms. The Labute approximate surface area is 136 Å². The van der Waals surface area contributed by atoms with Crippen molar-refractivity contribution < 1.29 is 39.7 Å². The molecule has 0 radical (unpaired) electrons. The summed E-state index contributed by atoms with van der Waals surface area (Å²) < 4.78 is 101. The molecule has 4 fully saturated rings. The Morgan fingerprint density at radius 3 is 1.75 bits per heavy atom. The van der Waals surface area contributed by atoms with Gasteiger partial charge in [0.1, 0.15) is 0 Å². The van der Waals surface area contributed by atoms with Crippen molar-refractivity contribution in [2.75, 3.05) is 6.61 Å². The van der Waals surface area contributed by atoms with Crippen molar-refractivity contribution in [1.82, 2.24) is 0 Å². The van der Waals surface area contributed by atoms with Gasteiger partial charge in [0.05, 0.1) is 12.2 Å². The molecule has 0 saturated heterocycles. The Hall–Kier alpha value is -0.480. The van der Waals surface area contributed by atoms with Crippen LogP contribution in [0.25, 0.3) is 0 Å². The van der Waals surface area contributed by atoms with Gasteiger partial charge in [-0.2, -0.15) is 30.4 Å². The van der Waals surface area contributed by atoms with E-state index in [4.69, 9.17) is 9.29 Å². The molecule has 4 nitrogen and oxygen atoms in total. The summed E-state index contributed by atoms with van der Waals surface area (Å²) in [5.74, 6) is -2.58. The van der Waals surface area contributed by atoms with Crippen LogP contribution in [-0.4, -0.2) is 36.6 Å². The molecule has 10 heteroatoms. The molecule has 0 aromatic rings. The van der Waals surface area contributed by atoms with Gasteiger partial charge in [0.15, 0.2) is 5.92 Å². The Balaban J connectivity index is 1.78. The molecule has 4 aliphatic rings. The third kappa shape index (κ3) is 3.16. The molecule has 1 N–H and O–H groups in total. The highest BCUT2D eigenvalue weighted by atomic mass is 32.2. The second-order valence-electron chi connectivity index (χ2n) is 7.54. The Bertz CT molecular complexity index is 565. The van der Waals surface area contributed by atoms with Gasteiger partial charge in [0.2, 0.25) is 0 Å². The number of hydrogen-bond acceptors (Lipinski definition) is 3. The standard InChI is InChI=1S/C14H19F5O4S/c15-13(16,17)11(14(18,19)24(20,21)22)7-23-12-4-8-1-9(5-12)3-10(2-8)6-12/h8-11H,1-7H2,(H,20,21,22). The van der Waals surface area contributed by atoms with Crippen molar-refractivity contribution >= 4 is 10.1 Å². The average Bonchev–Trinajstić information content (AvgIpc) is 2.33. The lowest BCUT2D eigenvalue weighted by Crippen LogP contribution is -2.54. The van der Waals surface area contributed by atoms with Gasteiger partial charge in [0.25, 0.3) is 0 Å². The quantitative estimate of drug-likeness (QED) is 0.586. The number of halogens is 5. The lowest BCUT2D eigenvalue weighted by Gasteiger charge is -2.56. The van der Waals surface area contributed by atoms with Gasteiger partial charge in [-0.15, -0.1) is 0 Å². The fourth-order valence-electron chi connectivity index (χ4n) is 5.03. The van der Waals surface area contributed by atoms with Crippen LogP contribution in [0.2, 0.25) is 0 Å². The van der Waals surface area contributed by atoms with Crippen molar-refractivity contribution in [2.24, 2.45) is 23.7 Å². The third-order valence-electron chi connectivity index (χ3n) is 5.68. The molecule has 0 aliphatic heterocycles. The van der Waals surface area contributed by atoms with Crippen LogP contribution < -0.4 is 0 Å². The summed E-state index contributed by atoms with van der Waals surface area (Å²) in [6, 6.07) is 0. The molecule has 4 bridgehead atoms. The maximum Gasteiger partial charge on any atom is 0.401 e. The van der Waals surface area contributed by atoms with Gasteiger partial charge in [-0.25, -0.2) is 0 Å². The third-order valence-corrected chi connectivity index (χ3v) is 6.66. The second kappa shape index (κ2) is 5.51. The van der Waals surface area contributed by atoms with Crippen LogP contribution in [-0.2, 0) is 14.9 Å². The molecule has 0 aromatic carbocycles. The predicted molar refractivity (Wildman–Crippen MR) is 72.9 cm³/mol. The molecule has 4 rings (SSSR count). The van der Waals surface area contributed by atoms with E-state index in [9.17, 15) is 30.4 Å². The number of ether oxygens (including phenoxy) is 1. The lowest BCUT2D eigenvalue weighted by molar-refractivity contribution is -0.254. The van der Waals surface area contributed by atoms with E-state index in [1.165, 1.54) is 0 Å². The molecule has 0 aromatic heterocycles. The van der Waals surface area contributed by atoms with Crippen molar-refractivity contribution in [3.05, 3.63) is 0 Å². The predicted octanol–water partition coefficient (Wildman–Crippen LogP) is 3.63. The van der Waals surface area contributed by atoms with E-state index in [-0.39, 0.29) is 0 Å². The highest BCUT2D eigenvalue weighted by Crippen LogP contribution is 2.57. The molecule has 0 heterocycles. The molecule has 0 amide bonds. The number of hydrogen-bond donors (Lipinski definition) is 1. The summed E-state index contributed by atoms with van der Waals surface area (Å²) in [5.41, 5.74) is -0.868. The van der Waals surface area contributed by atoms with Crippen LogP contribution in [0, 0.1) is 23.7 Å². The molecule has 0 spiro atoms. The Kier molecular flexibility index (Phi) is 4.20. The van der Waals surface area contributed by atoms with Crippen LogP contribution in [0.15, 0.2) is 0 Å². The first-order chi connectivity index (χ1) is 10.8. The number of alkyl halides is 5. The van der Waals surface area contributed by atoms with Crippen molar-refractivity contribution in [3.8, 4) is 0 Å². The van der Waals surface area contributed by atoms with E-state index in [0.29, 0.717) is 37.0 Å². The Morgan fingerprint density at radius 2 is 1.42 bits per heavy atom. The monoisotopic (exact) mass is 378 g/mol. The SMILES string of the molecule is O=S(=O)(O)C(F)(F)C(COC12CC3CC(CC(C3)C1)C2)C(F)(F)F. The van der Waals surface area contributed by atoms with Gasteiger partial charge in [-0.1, -0.05) is 0 Å². The molecular weight excluding hydrogens is 359 g/mol. The smallest absolute Gasteiger partial charge is 0.374 e. The highest BCUT2D eigenvalue weighted by molar-refractivity contribution is 7.86. The van der Waals surface area contributed by atoms with Crippen molar-refractivity contribution in [3.63, 3.8) is 0 Å². The minimum absolute atomic E-state index is 0.336. The maximum absolute atomic E-state index is 13.6. The van der Waals surface area contributed by atoms with E-state index in [1.54, 1.807) is 0 Å². The lowest BCUT2D eigenvalue weighted by atomic mass is 9.54. The summed E-state index contributed by atoms with van der Waals surface area (Å²) in [5, 5.41) is -5.34. The first kappa shape index (κ1) is 18.3. The summed E-state index contributed by atoms with van der Waals surface area (Å²) in [6.07, 6.45) is -0.948. The van der Waals surface area contributed by atoms with Gasteiger partial charge in [0, 0.05) is 0 Å². The molecule has 1 atom stereocenters. The van der Waals surface area contributed by atoms with Crippen molar-refractivity contribution in [1.29, 1.82) is 0 Å². The zero-order chi connectivity index (χ0) is 18.0. The van der Waals surface area contributed by atoms with Crippen LogP contribution in [0.4, 0.5) is 22.0 Å².